The number of hydrogen-bond donors (Lipinski definition) is 2. The summed E-state index contributed by atoms with van der Waals surface area (Å²) in [6.45, 7) is 3.26. The van der Waals surface area contributed by atoms with Crippen molar-refractivity contribution in [1.82, 2.24) is 4.72 Å². The third-order valence-corrected chi connectivity index (χ3v) is 6.00. The first-order chi connectivity index (χ1) is 10.0. The molecule has 1 aromatic rings. The van der Waals surface area contributed by atoms with Gasteiger partial charge in [-0.15, -0.1) is 0 Å². The van der Waals surface area contributed by atoms with Crippen LogP contribution in [0.2, 0.25) is 0 Å². The molecule has 0 aliphatic heterocycles. The van der Waals surface area contributed by atoms with Crippen LogP contribution >= 0.6 is 0 Å². The van der Waals surface area contributed by atoms with Gasteiger partial charge in [-0.3, -0.25) is 0 Å². The number of anilines is 1. The van der Waals surface area contributed by atoms with Gasteiger partial charge in [-0.25, -0.2) is 13.1 Å². The van der Waals surface area contributed by atoms with Crippen molar-refractivity contribution in [2.24, 2.45) is 11.8 Å². The second kappa shape index (κ2) is 7.27. The Hall–Kier alpha value is -1.07. The summed E-state index contributed by atoms with van der Waals surface area (Å²) >= 11 is 0. The number of sulfonamides is 1. The van der Waals surface area contributed by atoms with Gasteiger partial charge in [0.15, 0.2) is 0 Å². The molecule has 0 bridgehead atoms. The summed E-state index contributed by atoms with van der Waals surface area (Å²) in [4.78, 5) is 0.305. The molecule has 118 valence electrons. The van der Waals surface area contributed by atoms with Crippen LogP contribution in [-0.2, 0) is 10.0 Å². The molecular formula is C16H26N2O2S. The summed E-state index contributed by atoms with van der Waals surface area (Å²) in [6, 6.07) is 6.95. The first-order valence-electron chi connectivity index (χ1n) is 7.82. The summed E-state index contributed by atoms with van der Waals surface area (Å²) in [5.41, 5.74) is 0.989. The van der Waals surface area contributed by atoms with Crippen molar-refractivity contribution >= 4 is 15.7 Å². The van der Waals surface area contributed by atoms with Gasteiger partial charge in [0.25, 0.3) is 0 Å². The molecule has 0 amide bonds. The van der Waals surface area contributed by atoms with Crippen molar-refractivity contribution in [3.05, 3.63) is 24.3 Å². The zero-order valence-corrected chi connectivity index (χ0v) is 13.7. The molecular weight excluding hydrogens is 284 g/mol. The lowest BCUT2D eigenvalue weighted by atomic mass is 9.81. The first-order valence-corrected chi connectivity index (χ1v) is 9.31. The van der Waals surface area contributed by atoms with E-state index in [2.05, 4.69) is 17.0 Å². The quantitative estimate of drug-likeness (QED) is 0.848. The zero-order chi connectivity index (χ0) is 15.3. The molecule has 0 unspecified atom stereocenters. The van der Waals surface area contributed by atoms with Gasteiger partial charge >= 0.3 is 0 Å². The Labute approximate surface area is 128 Å². The minimum atomic E-state index is -3.34. The molecule has 4 nitrogen and oxygen atoms in total. The zero-order valence-electron chi connectivity index (χ0n) is 12.9. The van der Waals surface area contributed by atoms with E-state index in [4.69, 9.17) is 0 Å². The van der Waals surface area contributed by atoms with E-state index in [0.29, 0.717) is 4.90 Å². The molecule has 1 aromatic carbocycles. The van der Waals surface area contributed by atoms with Crippen LogP contribution in [0.15, 0.2) is 29.2 Å². The highest BCUT2D eigenvalue weighted by Crippen LogP contribution is 2.30. The van der Waals surface area contributed by atoms with Crippen LogP contribution in [-0.4, -0.2) is 22.0 Å². The molecule has 0 heterocycles. The van der Waals surface area contributed by atoms with Gasteiger partial charge in [-0.05, 0) is 56.0 Å². The van der Waals surface area contributed by atoms with Gasteiger partial charge in [0.1, 0.15) is 0 Å². The van der Waals surface area contributed by atoms with Gasteiger partial charge in [0.2, 0.25) is 10.0 Å². The van der Waals surface area contributed by atoms with Gasteiger partial charge in [-0.2, -0.15) is 0 Å². The van der Waals surface area contributed by atoms with Gasteiger partial charge < -0.3 is 5.32 Å². The molecule has 1 saturated carbocycles. The van der Waals surface area contributed by atoms with E-state index >= 15 is 0 Å². The molecule has 1 fully saturated rings. The predicted octanol–water partition coefficient (Wildman–Crippen LogP) is 3.22. The highest BCUT2D eigenvalue weighted by atomic mass is 32.2. The largest absolute Gasteiger partial charge is 0.385 e. The monoisotopic (exact) mass is 310 g/mol. The average Bonchev–Trinajstić information content (AvgIpc) is 2.54. The van der Waals surface area contributed by atoms with Crippen molar-refractivity contribution in [1.29, 1.82) is 0 Å². The van der Waals surface area contributed by atoms with Crippen LogP contribution in [0, 0.1) is 11.8 Å². The van der Waals surface area contributed by atoms with E-state index in [9.17, 15) is 8.42 Å². The lowest BCUT2D eigenvalue weighted by Crippen LogP contribution is -2.21. The summed E-state index contributed by atoms with van der Waals surface area (Å²) < 4.78 is 25.6. The van der Waals surface area contributed by atoms with Crippen LogP contribution in [0.4, 0.5) is 5.69 Å². The molecule has 2 N–H and O–H groups in total. The fraction of sp³-hybridized carbons (Fsp3) is 0.625. The molecule has 1 aliphatic carbocycles. The van der Waals surface area contributed by atoms with E-state index in [1.165, 1.54) is 39.2 Å². The molecule has 21 heavy (non-hydrogen) atoms. The Morgan fingerprint density at radius 1 is 1.05 bits per heavy atom. The number of benzene rings is 1. The minimum absolute atomic E-state index is 0.305. The standard InChI is InChI=1S/C16H26N2O2S/c1-3-13-4-6-14(7-5-13)12-18-15-8-10-16(11-9-15)21(19,20)17-2/h8-11,13-14,17-18H,3-7,12H2,1-2H3. The Morgan fingerprint density at radius 2 is 1.62 bits per heavy atom. The van der Waals surface area contributed by atoms with Crippen molar-refractivity contribution in [2.45, 2.75) is 43.9 Å². The van der Waals surface area contributed by atoms with Gasteiger partial charge in [0, 0.05) is 12.2 Å². The number of hydrogen-bond acceptors (Lipinski definition) is 3. The number of nitrogens with one attached hydrogen (secondary N) is 2. The summed E-state index contributed by atoms with van der Waals surface area (Å²) in [7, 11) is -1.91. The number of rotatable bonds is 6. The highest BCUT2D eigenvalue weighted by molar-refractivity contribution is 7.89. The maximum Gasteiger partial charge on any atom is 0.240 e. The Morgan fingerprint density at radius 3 is 2.14 bits per heavy atom. The van der Waals surface area contributed by atoms with Gasteiger partial charge in [0.05, 0.1) is 4.90 Å². The highest BCUT2D eigenvalue weighted by Gasteiger charge is 2.19. The van der Waals surface area contributed by atoms with Crippen LogP contribution in [0.25, 0.3) is 0 Å². The summed E-state index contributed by atoms with van der Waals surface area (Å²) in [5.74, 6) is 1.67. The third kappa shape index (κ3) is 4.45. The van der Waals surface area contributed by atoms with Gasteiger partial charge in [-0.1, -0.05) is 26.2 Å². The molecule has 0 spiro atoms. The van der Waals surface area contributed by atoms with Crippen LogP contribution in [0.5, 0.6) is 0 Å². The Bertz CT molecular complexity index is 532. The molecule has 0 radical (unpaired) electrons. The average molecular weight is 310 g/mol. The van der Waals surface area contributed by atoms with Crippen molar-refractivity contribution in [2.75, 3.05) is 18.9 Å². The second-order valence-electron chi connectivity index (χ2n) is 5.91. The lowest BCUT2D eigenvalue weighted by molar-refractivity contribution is 0.278. The topological polar surface area (TPSA) is 58.2 Å². The van der Waals surface area contributed by atoms with Crippen molar-refractivity contribution < 1.29 is 8.42 Å². The van der Waals surface area contributed by atoms with Crippen LogP contribution in [0.1, 0.15) is 39.0 Å². The fourth-order valence-corrected chi connectivity index (χ4v) is 3.71. The second-order valence-corrected chi connectivity index (χ2v) is 7.79. The smallest absolute Gasteiger partial charge is 0.240 e. The van der Waals surface area contributed by atoms with E-state index in [1.807, 2.05) is 12.1 Å². The Balaban J connectivity index is 1.84. The maximum atomic E-state index is 11.6. The molecule has 5 heteroatoms. The first kappa shape index (κ1) is 16.3. The molecule has 2 rings (SSSR count). The van der Waals surface area contributed by atoms with E-state index in [1.54, 1.807) is 12.1 Å². The lowest BCUT2D eigenvalue weighted by Gasteiger charge is -2.28. The Kier molecular flexibility index (Phi) is 5.65. The minimum Gasteiger partial charge on any atom is -0.385 e. The molecule has 0 saturated heterocycles. The van der Waals surface area contributed by atoms with E-state index in [-0.39, 0.29) is 0 Å². The third-order valence-electron chi connectivity index (χ3n) is 4.57. The SMILES string of the molecule is CCC1CCC(CNc2ccc(S(=O)(=O)NC)cc2)CC1. The maximum absolute atomic E-state index is 11.6. The summed E-state index contributed by atoms with van der Waals surface area (Å²) in [5, 5.41) is 3.43. The van der Waals surface area contributed by atoms with Crippen LogP contribution in [0.3, 0.4) is 0 Å². The summed E-state index contributed by atoms with van der Waals surface area (Å²) in [6.07, 6.45) is 6.61. The van der Waals surface area contributed by atoms with Crippen molar-refractivity contribution in [3.8, 4) is 0 Å². The van der Waals surface area contributed by atoms with Crippen molar-refractivity contribution in [3.63, 3.8) is 0 Å². The molecule has 0 aromatic heterocycles. The van der Waals surface area contributed by atoms with E-state index < -0.39 is 10.0 Å². The van der Waals surface area contributed by atoms with Crippen LogP contribution < -0.4 is 10.0 Å². The fourth-order valence-electron chi connectivity index (χ4n) is 2.98. The predicted molar refractivity (Wildman–Crippen MR) is 86.9 cm³/mol. The normalized spacial score (nSPS) is 23.0. The van der Waals surface area contributed by atoms with E-state index in [0.717, 1.165) is 24.1 Å². The molecule has 1 aliphatic rings. The molecule has 0 atom stereocenters.